The lowest BCUT2D eigenvalue weighted by molar-refractivity contribution is -0.137. The summed E-state index contributed by atoms with van der Waals surface area (Å²) in [6.07, 6.45) is 0.239. The predicted molar refractivity (Wildman–Crippen MR) is 90.6 cm³/mol. The Balaban J connectivity index is 1.75. The Morgan fingerprint density at radius 3 is 2.16 bits per heavy atom. The van der Waals surface area contributed by atoms with Crippen LogP contribution in [0.5, 0.6) is 11.5 Å². The van der Waals surface area contributed by atoms with E-state index >= 15 is 0 Å². The first kappa shape index (κ1) is 17.5. The van der Waals surface area contributed by atoms with Gasteiger partial charge in [0.1, 0.15) is 0 Å². The maximum atomic E-state index is 12.6. The fourth-order valence-electron chi connectivity index (χ4n) is 2.94. The minimum absolute atomic E-state index is 0.190. The zero-order valence-corrected chi connectivity index (χ0v) is 13.9. The van der Waals surface area contributed by atoms with Crippen LogP contribution in [0.4, 0.5) is 24.5 Å². The summed E-state index contributed by atoms with van der Waals surface area (Å²) in [6, 6.07) is 10.3. The second-order valence-corrected chi connectivity index (χ2v) is 6.09. The molecule has 0 unspecified atom stereocenters. The van der Waals surface area contributed by atoms with E-state index in [0.29, 0.717) is 17.2 Å². The van der Waals surface area contributed by atoms with Gasteiger partial charge in [0.25, 0.3) is 0 Å². The largest absolute Gasteiger partial charge is 0.493 e. The Kier molecular flexibility index (Phi) is 5.06. The monoisotopic (exact) mass is 351 g/mol. The fraction of sp³-hybridized carbons (Fsp3) is 0.368. The van der Waals surface area contributed by atoms with E-state index in [1.165, 1.54) is 12.1 Å². The van der Waals surface area contributed by atoms with Crippen LogP contribution in [0.1, 0.15) is 31.2 Å². The fourth-order valence-corrected chi connectivity index (χ4v) is 2.94. The summed E-state index contributed by atoms with van der Waals surface area (Å²) in [6.45, 7) is 0. The van der Waals surface area contributed by atoms with Crippen molar-refractivity contribution >= 4 is 11.4 Å². The van der Waals surface area contributed by atoms with Crippen molar-refractivity contribution in [3.8, 4) is 11.5 Å². The number of methoxy groups -OCH3 is 1. The number of ether oxygens (including phenoxy) is 2. The zero-order valence-electron chi connectivity index (χ0n) is 13.9. The van der Waals surface area contributed by atoms with Gasteiger partial charge in [0.05, 0.1) is 18.8 Å². The van der Waals surface area contributed by atoms with E-state index in [2.05, 4.69) is 5.32 Å². The van der Waals surface area contributed by atoms with Crippen LogP contribution in [0, 0.1) is 0 Å². The second kappa shape index (κ2) is 7.25. The van der Waals surface area contributed by atoms with Gasteiger partial charge in [-0.3, -0.25) is 0 Å². The quantitative estimate of drug-likeness (QED) is 0.741. The van der Waals surface area contributed by atoms with Crippen LogP contribution in [-0.2, 0) is 6.18 Å². The lowest BCUT2D eigenvalue weighted by Gasteiger charge is -2.17. The molecule has 134 valence electrons. The Morgan fingerprint density at radius 1 is 0.920 bits per heavy atom. The van der Waals surface area contributed by atoms with Gasteiger partial charge < -0.3 is 14.8 Å². The SMILES string of the molecule is COc1ccc(Nc2ccc(C(F)(F)F)cc2)cc1OC1CCCC1. The third-order valence-electron chi connectivity index (χ3n) is 4.26. The highest BCUT2D eigenvalue weighted by molar-refractivity contribution is 5.63. The summed E-state index contributed by atoms with van der Waals surface area (Å²) in [5.41, 5.74) is 0.636. The normalized spacial score (nSPS) is 15.2. The van der Waals surface area contributed by atoms with Crippen LogP contribution in [-0.4, -0.2) is 13.2 Å². The lowest BCUT2D eigenvalue weighted by atomic mass is 10.2. The predicted octanol–water partition coefficient (Wildman–Crippen LogP) is 5.78. The molecule has 1 aliphatic rings. The molecule has 3 rings (SSSR count). The van der Waals surface area contributed by atoms with E-state index in [9.17, 15) is 13.2 Å². The molecule has 0 spiro atoms. The molecule has 0 saturated heterocycles. The van der Waals surface area contributed by atoms with Crippen LogP contribution in [0.2, 0.25) is 0 Å². The molecule has 25 heavy (non-hydrogen) atoms. The van der Waals surface area contributed by atoms with Gasteiger partial charge in [-0.1, -0.05) is 0 Å². The zero-order chi connectivity index (χ0) is 17.9. The molecule has 1 saturated carbocycles. The van der Waals surface area contributed by atoms with Crippen molar-refractivity contribution in [2.24, 2.45) is 0 Å². The molecule has 2 aromatic rings. The molecule has 0 amide bonds. The molecule has 2 aromatic carbocycles. The molecule has 0 aromatic heterocycles. The van der Waals surface area contributed by atoms with E-state index < -0.39 is 11.7 Å². The number of alkyl halides is 3. The van der Waals surface area contributed by atoms with Crippen molar-refractivity contribution in [1.82, 2.24) is 0 Å². The van der Waals surface area contributed by atoms with Crippen LogP contribution in [0.15, 0.2) is 42.5 Å². The van der Waals surface area contributed by atoms with Gasteiger partial charge in [-0.05, 0) is 62.1 Å². The summed E-state index contributed by atoms with van der Waals surface area (Å²) in [7, 11) is 1.58. The number of rotatable bonds is 5. The van der Waals surface area contributed by atoms with Crippen LogP contribution < -0.4 is 14.8 Å². The number of hydrogen-bond donors (Lipinski definition) is 1. The summed E-state index contributed by atoms with van der Waals surface area (Å²) in [5.74, 6) is 1.29. The van der Waals surface area contributed by atoms with Gasteiger partial charge in [0.15, 0.2) is 11.5 Å². The standard InChI is InChI=1S/C19H20F3NO2/c1-24-17-11-10-15(12-18(17)25-16-4-2-3-5-16)23-14-8-6-13(7-9-14)19(20,21)22/h6-12,16,23H,2-5H2,1H3. The Morgan fingerprint density at radius 2 is 1.56 bits per heavy atom. The van der Waals surface area contributed by atoms with E-state index in [0.717, 1.165) is 43.5 Å². The van der Waals surface area contributed by atoms with Crippen molar-refractivity contribution in [3.63, 3.8) is 0 Å². The molecule has 0 bridgehead atoms. The molecule has 0 radical (unpaired) electrons. The highest BCUT2D eigenvalue weighted by Gasteiger charge is 2.29. The van der Waals surface area contributed by atoms with Crippen molar-refractivity contribution in [1.29, 1.82) is 0 Å². The third kappa shape index (κ3) is 4.38. The maximum absolute atomic E-state index is 12.6. The van der Waals surface area contributed by atoms with Gasteiger partial charge in [-0.25, -0.2) is 0 Å². The second-order valence-electron chi connectivity index (χ2n) is 6.09. The van der Waals surface area contributed by atoms with E-state index in [-0.39, 0.29) is 6.10 Å². The van der Waals surface area contributed by atoms with Crippen LogP contribution in [0.25, 0.3) is 0 Å². The molecule has 1 aliphatic carbocycles. The van der Waals surface area contributed by atoms with Crippen molar-refractivity contribution in [3.05, 3.63) is 48.0 Å². The lowest BCUT2D eigenvalue weighted by Crippen LogP contribution is -2.11. The van der Waals surface area contributed by atoms with Gasteiger partial charge in [0, 0.05) is 17.4 Å². The van der Waals surface area contributed by atoms with Crippen LogP contribution >= 0.6 is 0 Å². The first-order chi connectivity index (χ1) is 12.0. The average Bonchev–Trinajstić information content (AvgIpc) is 3.08. The topological polar surface area (TPSA) is 30.5 Å². The van der Waals surface area contributed by atoms with Gasteiger partial charge in [-0.15, -0.1) is 0 Å². The smallest absolute Gasteiger partial charge is 0.416 e. The first-order valence-corrected chi connectivity index (χ1v) is 8.25. The van der Waals surface area contributed by atoms with E-state index in [1.807, 2.05) is 6.07 Å². The maximum Gasteiger partial charge on any atom is 0.416 e. The Bertz CT molecular complexity index is 708. The molecule has 1 N–H and O–H groups in total. The highest BCUT2D eigenvalue weighted by Crippen LogP contribution is 2.35. The highest BCUT2D eigenvalue weighted by atomic mass is 19.4. The van der Waals surface area contributed by atoms with Gasteiger partial charge in [0.2, 0.25) is 0 Å². The summed E-state index contributed by atoms with van der Waals surface area (Å²) < 4.78 is 49.2. The average molecular weight is 351 g/mol. The third-order valence-corrected chi connectivity index (χ3v) is 4.26. The number of halogens is 3. The number of nitrogens with one attached hydrogen (secondary N) is 1. The van der Waals surface area contributed by atoms with Crippen molar-refractivity contribution in [2.45, 2.75) is 38.0 Å². The Hall–Kier alpha value is -2.37. The molecular formula is C19H20F3NO2. The first-order valence-electron chi connectivity index (χ1n) is 8.25. The van der Waals surface area contributed by atoms with E-state index in [1.54, 1.807) is 19.2 Å². The Labute approximate surface area is 144 Å². The van der Waals surface area contributed by atoms with Crippen molar-refractivity contribution in [2.75, 3.05) is 12.4 Å². The summed E-state index contributed by atoms with van der Waals surface area (Å²) >= 11 is 0. The van der Waals surface area contributed by atoms with E-state index in [4.69, 9.17) is 9.47 Å². The molecule has 0 heterocycles. The number of hydrogen-bond acceptors (Lipinski definition) is 3. The molecular weight excluding hydrogens is 331 g/mol. The number of benzene rings is 2. The minimum atomic E-state index is -4.33. The molecule has 6 heteroatoms. The number of anilines is 2. The molecule has 0 aliphatic heterocycles. The summed E-state index contributed by atoms with van der Waals surface area (Å²) in [5, 5.41) is 3.10. The van der Waals surface area contributed by atoms with Crippen LogP contribution in [0.3, 0.4) is 0 Å². The van der Waals surface area contributed by atoms with Gasteiger partial charge >= 0.3 is 6.18 Å². The van der Waals surface area contributed by atoms with Crippen molar-refractivity contribution < 1.29 is 22.6 Å². The molecule has 1 fully saturated rings. The van der Waals surface area contributed by atoms with Gasteiger partial charge in [-0.2, -0.15) is 13.2 Å². The molecule has 3 nitrogen and oxygen atoms in total. The molecule has 0 atom stereocenters. The minimum Gasteiger partial charge on any atom is -0.493 e. The summed E-state index contributed by atoms with van der Waals surface area (Å²) in [4.78, 5) is 0.